The summed E-state index contributed by atoms with van der Waals surface area (Å²) >= 11 is 0. The van der Waals surface area contributed by atoms with E-state index >= 15 is 0 Å². The van der Waals surface area contributed by atoms with E-state index in [4.69, 9.17) is 4.74 Å². The molecule has 0 amide bonds. The van der Waals surface area contributed by atoms with Crippen LogP contribution in [0.4, 0.5) is 0 Å². The van der Waals surface area contributed by atoms with Crippen LogP contribution in [-0.4, -0.2) is 27.3 Å². The van der Waals surface area contributed by atoms with Gasteiger partial charge in [0.15, 0.2) is 18.2 Å². The van der Waals surface area contributed by atoms with Crippen LogP contribution in [0.1, 0.15) is 34.1 Å². The number of nitrogens with zero attached hydrogens (tertiary/aromatic N) is 2. The number of Topliss-reactive ketones (excluding diaryl/α,β-unsaturated/α-hetero) is 2. The molecule has 0 aliphatic carbocycles. The van der Waals surface area contributed by atoms with Crippen LogP contribution >= 0.6 is 0 Å². The van der Waals surface area contributed by atoms with Crippen molar-refractivity contribution in [3.8, 4) is 5.75 Å². The lowest BCUT2D eigenvalue weighted by molar-refractivity contribution is 0.0920. The van der Waals surface area contributed by atoms with E-state index in [1.54, 1.807) is 61.1 Å². The quantitative estimate of drug-likeness (QED) is 0.640. The topological polar surface area (TPSA) is 70.3 Å². The molecule has 1 heterocycles. The average Bonchev–Trinajstić information content (AvgIpc) is 2.89. The molecule has 134 valence electrons. The first-order chi connectivity index (χ1) is 12.4. The zero-order valence-corrected chi connectivity index (χ0v) is 15.0. The molecule has 0 aliphatic heterocycles. The van der Waals surface area contributed by atoms with Crippen molar-refractivity contribution in [3.05, 3.63) is 64.1 Å². The van der Waals surface area contributed by atoms with Crippen molar-refractivity contribution >= 4 is 22.6 Å². The highest BCUT2D eigenvalue weighted by Crippen LogP contribution is 2.16. The van der Waals surface area contributed by atoms with Gasteiger partial charge in [0.25, 0.3) is 0 Å². The number of ketones is 2. The van der Waals surface area contributed by atoms with Crippen molar-refractivity contribution in [1.82, 2.24) is 9.13 Å². The number of ether oxygens (including phenoxy) is 1. The molecule has 6 heteroatoms. The molecule has 6 nitrogen and oxygen atoms in total. The molecule has 1 aromatic heterocycles. The largest absolute Gasteiger partial charge is 0.485 e. The maximum atomic E-state index is 12.4. The molecule has 2 aromatic carbocycles. The van der Waals surface area contributed by atoms with E-state index in [2.05, 4.69) is 0 Å². The molecule has 0 spiro atoms. The summed E-state index contributed by atoms with van der Waals surface area (Å²) in [4.78, 5) is 36.0. The van der Waals surface area contributed by atoms with Crippen LogP contribution in [0, 0.1) is 0 Å². The first-order valence-electron chi connectivity index (χ1n) is 8.37. The van der Waals surface area contributed by atoms with Gasteiger partial charge >= 0.3 is 5.69 Å². The molecule has 0 N–H and O–H groups in total. The molecule has 3 aromatic rings. The van der Waals surface area contributed by atoms with E-state index in [1.807, 2.05) is 6.92 Å². The van der Waals surface area contributed by atoms with Crippen molar-refractivity contribution in [2.24, 2.45) is 14.1 Å². The van der Waals surface area contributed by atoms with Crippen LogP contribution in [0.25, 0.3) is 11.0 Å². The fourth-order valence-electron chi connectivity index (χ4n) is 2.85. The lowest BCUT2D eigenvalue weighted by atomic mass is 10.1. The minimum atomic E-state index is -0.183. The highest BCUT2D eigenvalue weighted by atomic mass is 16.5. The van der Waals surface area contributed by atoms with Crippen LogP contribution in [-0.2, 0) is 14.1 Å². The van der Waals surface area contributed by atoms with Gasteiger partial charge < -0.3 is 4.74 Å². The third kappa shape index (κ3) is 3.18. The molecular weight excluding hydrogens is 332 g/mol. The first kappa shape index (κ1) is 17.7. The number of rotatable bonds is 6. The van der Waals surface area contributed by atoms with Crippen LogP contribution in [0.2, 0.25) is 0 Å². The van der Waals surface area contributed by atoms with Crippen molar-refractivity contribution in [2.75, 3.05) is 6.61 Å². The number of hydrogen-bond acceptors (Lipinski definition) is 4. The predicted octanol–water partition coefficient (Wildman–Crippen LogP) is 2.73. The third-order valence-electron chi connectivity index (χ3n) is 4.46. The number of imidazole rings is 1. The van der Waals surface area contributed by atoms with E-state index in [0.717, 1.165) is 5.52 Å². The van der Waals surface area contributed by atoms with Crippen molar-refractivity contribution in [1.29, 1.82) is 0 Å². The van der Waals surface area contributed by atoms with Crippen molar-refractivity contribution < 1.29 is 14.3 Å². The van der Waals surface area contributed by atoms with E-state index in [0.29, 0.717) is 28.8 Å². The Kier molecular flexibility index (Phi) is 4.75. The normalized spacial score (nSPS) is 10.9. The van der Waals surface area contributed by atoms with Gasteiger partial charge in [-0.1, -0.05) is 6.92 Å². The van der Waals surface area contributed by atoms with Gasteiger partial charge in [0.05, 0.1) is 11.0 Å². The molecule has 0 saturated heterocycles. The Hall–Kier alpha value is -3.15. The van der Waals surface area contributed by atoms with Crippen molar-refractivity contribution in [3.63, 3.8) is 0 Å². The number of hydrogen-bond donors (Lipinski definition) is 0. The lowest BCUT2D eigenvalue weighted by Crippen LogP contribution is -2.19. The Morgan fingerprint density at radius 2 is 1.50 bits per heavy atom. The highest BCUT2D eigenvalue weighted by molar-refractivity contribution is 6.00. The Labute approximate surface area is 150 Å². The number of fused-ring (bicyclic) bond motifs is 1. The zero-order valence-electron chi connectivity index (χ0n) is 15.0. The fourth-order valence-corrected chi connectivity index (χ4v) is 2.85. The first-order valence-corrected chi connectivity index (χ1v) is 8.37. The standard InChI is InChI=1S/C20H20N2O4/c1-4-18(23)13-5-8-15(9-6-13)26-12-19(24)14-7-10-16-17(11-14)22(3)20(25)21(16)2/h5-11H,4,12H2,1-3H3. The highest BCUT2D eigenvalue weighted by Gasteiger charge is 2.13. The van der Waals surface area contributed by atoms with E-state index in [9.17, 15) is 14.4 Å². The Bertz CT molecular complexity index is 1040. The molecule has 3 rings (SSSR count). The summed E-state index contributed by atoms with van der Waals surface area (Å²) in [5, 5.41) is 0. The number of aryl methyl sites for hydroxylation is 2. The summed E-state index contributed by atoms with van der Waals surface area (Å²) in [6.45, 7) is 1.69. The molecule has 0 atom stereocenters. The second kappa shape index (κ2) is 7.00. The Morgan fingerprint density at radius 3 is 2.15 bits per heavy atom. The van der Waals surface area contributed by atoms with Gasteiger partial charge in [-0.15, -0.1) is 0 Å². The number of benzene rings is 2. The second-order valence-electron chi connectivity index (χ2n) is 6.12. The predicted molar refractivity (Wildman–Crippen MR) is 99.0 cm³/mol. The summed E-state index contributed by atoms with van der Waals surface area (Å²) < 4.78 is 8.58. The Balaban J connectivity index is 1.74. The summed E-state index contributed by atoms with van der Waals surface area (Å²) in [5.74, 6) is 0.408. The molecule has 0 bridgehead atoms. The van der Waals surface area contributed by atoms with E-state index in [1.165, 1.54) is 4.57 Å². The molecule has 0 fully saturated rings. The van der Waals surface area contributed by atoms with Gasteiger partial charge in [-0.2, -0.15) is 0 Å². The van der Waals surface area contributed by atoms with Crippen molar-refractivity contribution in [2.45, 2.75) is 13.3 Å². The summed E-state index contributed by atoms with van der Waals surface area (Å²) in [6.07, 6.45) is 0.448. The summed E-state index contributed by atoms with van der Waals surface area (Å²) in [6, 6.07) is 11.9. The zero-order chi connectivity index (χ0) is 18.8. The third-order valence-corrected chi connectivity index (χ3v) is 4.46. The van der Waals surface area contributed by atoms with Crippen LogP contribution < -0.4 is 10.4 Å². The Morgan fingerprint density at radius 1 is 0.885 bits per heavy atom. The number of carbonyl (C=O) groups excluding carboxylic acids is 2. The summed E-state index contributed by atoms with van der Waals surface area (Å²) in [7, 11) is 3.37. The van der Waals surface area contributed by atoms with Gasteiger partial charge in [0.1, 0.15) is 5.75 Å². The smallest absolute Gasteiger partial charge is 0.328 e. The van der Waals surface area contributed by atoms with Gasteiger partial charge in [-0.25, -0.2) is 4.79 Å². The molecule has 0 aliphatic rings. The number of carbonyl (C=O) groups is 2. The molecule has 0 unspecified atom stereocenters. The van der Waals surface area contributed by atoms with Gasteiger partial charge in [-0.05, 0) is 42.5 Å². The lowest BCUT2D eigenvalue weighted by Gasteiger charge is -2.07. The van der Waals surface area contributed by atoms with E-state index in [-0.39, 0.29) is 23.9 Å². The SMILES string of the molecule is CCC(=O)c1ccc(OCC(=O)c2ccc3c(c2)n(C)c(=O)n3C)cc1. The van der Waals surface area contributed by atoms with Gasteiger partial charge in [0, 0.05) is 31.6 Å². The van der Waals surface area contributed by atoms with Gasteiger partial charge in [-0.3, -0.25) is 18.7 Å². The maximum Gasteiger partial charge on any atom is 0.328 e. The minimum Gasteiger partial charge on any atom is -0.485 e. The monoisotopic (exact) mass is 352 g/mol. The van der Waals surface area contributed by atoms with Crippen LogP contribution in [0.5, 0.6) is 5.75 Å². The minimum absolute atomic E-state index is 0.0643. The summed E-state index contributed by atoms with van der Waals surface area (Å²) in [5.41, 5.74) is 2.44. The van der Waals surface area contributed by atoms with Crippen LogP contribution in [0.3, 0.4) is 0 Å². The molecule has 0 radical (unpaired) electrons. The average molecular weight is 352 g/mol. The maximum absolute atomic E-state index is 12.4. The molecule has 0 saturated carbocycles. The fraction of sp³-hybridized carbons (Fsp3) is 0.250. The van der Waals surface area contributed by atoms with E-state index < -0.39 is 0 Å². The van der Waals surface area contributed by atoms with Gasteiger partial charge in [0.2, 0.25) is 0 Å². The molecular formula is C20H20N2O4. The molecule has 26 heavy (non-hydrogen) atoms. The van der Waals surface area contributed by atoms with Crippen LogP contribution in [0.15, 0.2) is 47.3 Å². The second-order valence-corrected chi connectivity index (χ2v) is 6.12. The number of aromatic nitrogens is 2.